The lowest BCUT2D eigenvalue weighted by molar-refractivity contribution is 0.348. The molecule has 24 heavy (non-hydrogen) atoms. The van der Waals surface area contributed by atoms with Crippen molar-refractivity contribution in [3.05, 3.63) is 60.7 Å². The van der Waals surface area contributed by atoms with E-state index in [2.05, 4.69) is 36.4 Å². The summed E-state index contributed by atoms with van der Waals surface area (Å²) in [7, 11) is 0. The van der Waals surface area contributed by atoms with Crippen LogP contribution in [-0.4, -0.2) is 11.7 Å². The Bertz CT molecular complexity index is 1220. The maximum Gasteiger partial charge on any atom is 0.134 e. The maximum atomic E-state index is 10.3. The molecule has 5 aromatic carbocycles. The fourth-order valence-electron chi connectivity index (χ4n) is 3.91. The second-order valence-electron chi connectivity index (χ2n) is 6.14. The highest BCUT2D eigenvalue weighted by Gasteiger charge is 2.17. The summed E-state index contributed by atoms with van der Waals surface area (Å²) >= 11 is 0. The molecule has 0 radical (unpaired) electrons. The van der Waals surface area contributed by atoms with E-state index in [0.717, 1.165) is 32.7 Å². The molecule has 2 nitrogen and oxygen atoms in total. The van der Waals surface area contributed by atoms with Gasteiger partial charge in [0.2, 0.25) is 0 Å². The molecule has 0 aliphatic rings. The van der Waals surface area contributed by atoms with Crippen molar-refractivity contribution in [2.75, 3.05) is 6.61 Å². The summed E-state index contributed by atoms with van der Waals surface area (Å²) in [6.07, 6.45) is 0. The summed E-state index contributed by atoms with van der Waals surface area (Å²) in [6.45, 7) is 2.64. The molecule has 0 fully saturated rings. The minimum atomic E-state index is 0.322. The van der Waals surface area contributed by atoms with E-state index in [1.54, 1.807) is 6.07 Å². The zero-order valence-corrected chi connectivity index (χ0v) is 13.3. The van der Waals surface area contributed by atoms with Crippen LogP contribution in [0.5, 0.6) is 11.5 Å². The van der Waals surface area contributed by atoms with Gasteiger partial charge in [0.25, 0.3) is 0 Å². The Morgan fingerprint density at radius 3 is 2.25 bits per heavy atom. The molecule has 1 N–H and O–H groups in total. The number of rotatable bonds is 2. The maximum absolute atomic E-state index is 10.3. The topological polar surface area (TPSA) is 29.5 Å². The third-order valence-electron chi connectivity index (χ3n) is 4.88. The van der Waals surface area contributed by atoms with Crippen LogP contribution in [0.1, 0.15) is 6.92 Å². The summed E-state index contributed by atoms with van der Waals surface area (Å²) in [5, 5.41) is 19.2. The van der Waals surface area contributed by atoms with Gasteiger partial charge in [-0.05, 0) is 41.3 Å². The molecule has 0 saturated heterocycles. The monoisotopic (exact) mass is 312 g/mol. The zero-order chi connectivity index (χ0) is 16.3. The van der Waals surface area contributed by atoms with Gasteiger partial charge in [-0.15, -0.1) is 0 Å². The first-order valence-electron chi connectivity index (χ1n) is 8.23. The van der Waals surface area contributed by atoms with Gasteiger partial charge in [0, 0.05) is 26.9 Å². The van der Waals surface area contributed by atoms with Gasteiger partial charge in [-0.1, -0.05) is 42.5 Å². The van der Waals surface area contributed by atoms with Crippen molar-refractivity contribution in [1.29, 1.82) is 0 Å². The van der Waals surface area contributed by atoms with Gasteiger partial charge in [0.05, 0.1) is 6.61 Å². The normalized spacial score (nSPS) is 11.9. The van der Waals surface area contributed by atoms with E-state index >= 15 is 0 Å². The average molecular weight is 312 g/mol. The predicted octanol–water partition coefficient (Wildman–Crippen LogP) is 5.84. The molecular weight excluding hydrogens is 296 g/mol. The van der Waals surface area contributed by atoms with Crippen molar-refractivity contribution < 1.29 is 9.84 Å². The molecule has 0 atom stereocenters. The Labute approximate surface area is 139 Å². The van der Waals surface area contributed by atoms with Crippen molar-refractivity contribution in [3.63, 3.8) is 0 Å². The molecule has 116 valence electrons. The van der Waals surface area contributed by atoms with E-state index in [9.17, 15) is 5.11 Å². The number of aromatic hydroxyl groups is 1. The minimum Gasteiger partial charge on any atom is -0.507 e. The molecule has 0 heterocycles. The third kappa shape index (κ3) is 1.60. The van der Waals surface area contributed by atoms with Crippen LogP contribution in [0.2, 0.25) is 0 Å². The highest BCUT2D eigenvalue weighted by molar-refractivity contribution is 6.31. The SMILES string of the molecule is CCOc1c2ccccc2c2ccc3c(O)ccc4ccc1c2c43. The van der Waals surface area contributed by atoms with E-state index < -0.39 is 0 Å². The minimum absolute atomic E-state index is 0.322. The van der Waals surface area contributed by atoms with Crippen LogP contribution in [0, 0.1) is 0 Å². The molecule has 0 aromatic heterocycles. The van der Waals surface area contributed by atoms with E-state index in [-0.39, 0.29) is 0 Å². The lowest BCUT2D eigenvalue weighted by atomic mass is 9.90. The molecule has 5 aromatic rings. The van der Waals surface area contributed by atoms with E-state index in [0.29, 0.717) is 12.4 Å². The highest BCUT2D eigenvalue weighted by atomic mass is 16.5. The van der Waals surface area contributed by atoms with Crippen LogP contribution in [0.3, 0.4) is 0 Å². The molecule has 2 heteroatoms. The van der Waals surface area contributed by atoms with E-state index in [4.69, 9.17) is 4.74 Å². The quantitative estimate of drug-likeness (QED) is 0.328. The van der Waals surface area contributed by atoms with Gasteiger partial charge in [-0.25, -0.2) is 0 Å². The number of phenols is 1. The van der Waals surface area contributed by atoms with Crippen molar-refractivity contribution >= 4 is 43.1 Å². The van der Waals surface area contributed by atoms with E-state index in [1.165, 1.54) is 16.2 Å². The number of hydrogen-bond donors (Lipinski definition) is 1. The second-order valence-corrected chi connectivity index (χ2v) is 6.14. The predicted molar refractivity (Wildman–Crippen MR) is 100 cm³/mol. The van der Waals surface area contributed by atoms with Crippen LogP contribution < -0.4 is 4.74 Å². The molecule has 0 unspecified atom stereocenters. The highest BCUT2D eigenvalue weighted by Crippen LogP contribution is 2.45. The third-order valence-corrected chi connectivity index (χ3v) is 4.88. The van der Waals surface area contributed by atoms with Crippen LogP contribution in [-0.2, 0) is 0 Å². The number of fused-ring (bicyclic) bond motifs is 2. The van der Waals surface area contributed by atoms with Crippen molar-refractivity contribution in [3.8, 4) is 11.5 Å². The fourth-order valence-corrected chi connectivity index (χ4v) is 3.91. The van der Waals surface area contributed by atoms with Crippen LogP contribution in [0.4, 0.5) is 0 Å². The van der Waals surface area contributed by atoms with E-state index in [1.807, 2.05) is 25.1 Å². The molecule has 5 rings (SSSR count). The van der Waals surface area contributed by atoms with Crippen molar-refractivity contribution in [2.24, 2.45) is 0 Å². The Morgan fingerprint density at radius 1 is 0.708 bits per heavy atom. The molecular formula is C22H16O2. The molecule has 0 saturated carbocycles. The fraction of sp³-hybridized carbons (Fsp3) is 0.0909. The molecule has 0 bridgehead atoms. The lowest BCUT2D eigenvalue weighted by Gasteiger charge is -2.17. The lowest BCUT2D eigenvalue weighted by Crippen LogP contribution is -1.95. The first kappa shape index (κ1) is 13.4. The van der Waals surface area contributed by atoms with Gasteiger partial charge in [-0.2, -0.15) is 0 Å². The summed E-state index contributed by atoms with van der Waals surface area (Å²) < 4.78 is 6.04. The molecule has 0 aliphatic carbocycles. The number of ether oxygens (including phenoxy) is 1. The Morgan fingerprint density at radius 2 is 1.42 bits per heavy atom. The van der Waals surface area contributed by atoms with Crippen LogP contribution in [0.25, 0.3) is 43.1 Å². The second kappa shape index (κ2) is 4.75. The molecule has 0 aliphatic heterocycles. The Kier molecular flexibility index (Phi) is 2.66. The number of phenolic OH excluding ortho intramolecular Hbond substituents is 1. The number of hydrogen-bond acceptors (Lipinski definition) is 2. The first-order chi connectivity index (χ1) is 11.8. The van der Waals surface area contributed by atoms with Crippen LogP contribution >= 0.6 is 0 Å². The van der Waals surface area contributed by atoms with Gasteiger partial charge in [-0.3, -0.25) is 0 Å². The van der Waals surface area contributed by atoms with Gasteiger partial charge >= 0.3 is 0 Å². The van der Waals surface area contributed by atoms with Gasteiger partial charge in [0.15, 0.2) is 0 Å². The standard InChI is InChI=1S/C22H16O2/c1-2-24-22-16-6-4-3-5-14(16)15-10-11-17-19(23)12-8-13-7-9-18(22)21(15)20(13)17/h3-12,23H,2H2,1H3. The van der Waals surface area contributed by atoms with Crippen molar-refractivity contribution in [1.82, 2.24) is 0 Å². The summed E-state index contributed by atoms with van der Waals surface area (Å²) in [5.41, 5.74) is 0. The first-order valence-corrected chi connectivity index (χ1v) is 8.23. The molecule has 0 amide bonds. The van der Waals surface area contributed by atoms with Gasteiger partial charge < -0.3 is 9.84 Å². The summed E-state index contributed by atoms with van der Waals surface area (Å²) in [6, 6.07) is 20.5. The number of benzene rings is 5. The smallest absolute Gasteiger partial charge is 0.134 e. The Balaban J connectivity index is 2.16. The van der Waals surface area contributed by atoms with Crippen molar-refractivity contribution in [2.45, 2.75) is 6.92 Å². The Hall–Kier alpha value is -3.00. The summed E-state index contributed by atoms with van der Waals surface area (Å²) in [5.74, 6) is 1.25. The zero-order valence-electron chi connectivity index (χ0n) is 13.3. The largest absolute Gasteiger partial charge is 0.507 e. The van der Waals surface area contributed by atoms with Crippen LogP contribution in [0.15, 0.2) is 60.7 Å². The average Bonchev–Trinajstić information content (AvgIpc) is 2.63. The summed E-state index contributed by atoms with van der Waals surface area (Å²) in [4.78, 5) is 0. The molecule has 0 spiro atoms. The van der Waals surface area contributed by atoms with Gasteiger partial charge in [0.1, 0.15) is 11.5 Å².